The van der Waals surface area contributed by atoms with E-state index in [9.17, 15) is 9.59 Å². The molecule has 5 rings (SSSR count). The van der Waals surface area contributed by atoms with Crippen LogP contribution in [0, 0.1) is 0 Å². The molecule has 1 aromatic heterocycles. The smallest absolute Gasteiger partial charge is 0.338 e. The number of carbonyl (C=O) groups excluding carboxylic acids is 1. The number of rotatable bonds is 7. The zero-order valence-corrected chi connectivity index (χ0v) is 22.0. The van der Waals surface area contributed by atoms with Crippen LogP contribution in [-0.4, -0.2) is 31.4 Å². The van der Waals surface area contributed by atoms with Gasteiger partial charge in [0.15, 0.2) is 16.3 Å². The van der Waals surface area contributed by atoms with E-state index in [2.05, 4.69) is 0 Å². The summed E-state index contributed by atoms with van der Waals surface area (Å²) in [4.78, 5) is 32.9. The minimum Gasteiger partial charge on any atom is -0.493 e. The van der Waals surface area contributed by atoms with Crippen molar-refractivity contribution in [1.29, 1.82) is 0 Å². The molecule has 0 saturated carbocycles. The van der Waals surface area contributed by atoms with Gasteiger partial charge in [-0.15, -0.1) is 0 Å². The van der Waals surface area contributed by atoms with E-state index < -0.39 is 12.0 Å². The summed E-state index contributed by atoms with van der Waals surface area (Å²) >= 11 is 1.27. The van der Waals surface area contributed by atoms with Gasteiger partial charge in [0.1, 0.15) is 6.04 Å². The van der Waals surface area contributed by atoms with E-state index >= 15 is 0 Å². The Kier molecular flexibility index (Phi) is 7.24. The SMILES string of the molecule is CCOC(=O)C1=C(c2ccccc2)N=c2sc(=Cc3ccccc3)c(=O)n2C1c1cccc(OC)c1OC. The minimum absolute atomic E-state index is 0.171. The molecule has 192 valence electrons. The first-order valence-corrected chi connectivity index (χ1v) is 12.9. The summed E-state index contributed by atoms with van der Waals surface area (Å²) in [7, 11) is 3.08. The summed E-state index contributed by atoms with van der Waals surface area (Å²) in [6, 6.07) is 23.6. The van der Waals surface area contributed by atoms with Crippen molar-refractivity contribution < 1.29 is 19.0 Å². The molecule has 8 heteroatoms. The van der Waals surface area contributed by atoms with Crippen molar-refractivity contribution in [1.82, 2.24) is 4.57 Å². The molecule has 0 amide bonds. The summed E-state index contributed by atoms with van der Waals surface area (Å²) in [5.74, 6) is 0.356. The molecule has 1 unspecified atom stereocenters. The van der Waals surface area contributed by atoms with Gasteiger partial charge in [-0.2, -0.15) is 0 Å². The Morgan fingerprint density at radius 1 is 0.974 bits per heavy atom. The summed E-state index contributed by atoms with van der Waals surface area (Å²) in [5.41, 5.74) is 2.66. The van der Waals surface area contributed by atoms with Crippen LogP contribution >= 0.6 is 11.3 Å². The molecule has 4 aromatic rings. The number of methoxy groups -OCH3 is 2. The molecule has 0 radical (unpaired) electrons. The number of hydrogen-bond acceptors (Lipinski definition) is 7. The lowest BCUT2D eigenvalue weighted by atomic mass is 9.92. The largest absolute Gasteiger partial charge is 0.493 e. The van der Waals surface area contributed by atoms with Gasteiger partial charge in [0, 0.05) is 11.1 Å². The number of hydrogen-bond donors (Lipinski definition) is 0. The second-order valence-electron chi connectivity index (χ2n) is 8.42. The minimum atomic E-state index is -0.858. The molecular formula is C30H26N2O5S. The molecule has 1 aliphatic rings. The van der Waals surface area contributed by atoms with Gasteiger partial charge in [-0.1, -0.05) is 84.1 Å². The van der Waals surface area contributed by atoms with Crippen LogP contribution in [0.25, 0.3) is 11.8 Å². The zero-order chi connectivity index (χ0) is 26.6. The Bertz CT molecular complexity index is 1690. The van der Waals surface area contributed by atoms with Gasteiger partial charge in [-0.25, -0.2) is 9.79 Å². The van der Waals surface area contributed by atoms with Gasteiger partial charge in [-0.3, -0.25) is 9.36 Å². The van der Waals surface area contributed by atoms with Crippen molar-refractivity contribution in [3.05, 3.63) is 121 Å². The third kappa shape index (κ3) is 4.54. The lowest BCUT2D eigenvalue weighted by Gasteiger charge is -2.27. The first-order valence-electron chi connectivity index (χ1n) is 12.1. The van der Waals surface area contributed by atoms with Crippen LogP contribution in [0.1, 0.15) is 29.7 Å². The normalized spacial score (nSPS) is 15.0. The predicted octanol–water partition coefficient (Wildman–Crippen LogP) is 3.95. The number of thiazole rings is 1. The number of aromatic nitrogens is 1. The molecule has 0 saturated heterocycles. The Morgan fingerprint density at radius 3 is 2.34 bits per heavy atom. The molecule has 0 spiro atoms. The molecule has 7 nitrogen and oxygen atoms in total. The number of fused-ring (bicyclic) bond motifs is 1. The molecule has 0 fully saturated rings. The highest BCUT2D eigenvalue weighted by atomic mass is 32.1. The van der Waals surface area contributed by atoms with Crippen LogP contribution in [0.4, 0.5) is 0 Å². The van der Waals surface area contributed by atoms with Crippen LogP contribution in [0.5, 0.6) is 11.5 Å². The van der Waals surface area contributed by atoms with Gasteiger partial charge >= 0.3 is 5.97 Å². The summed E-state index contributed by atoms with van der Waals surface area (Å²) in [6.45, 7) is 1.92. The molecule has 0 aliphatic carbocycles. The Balaban J connectivity index is 1.89. The maximum Gasteiger partial charge on any atom is 0.338 e. The van der Waals surface area contributed by atoms with Gasteiger partial charge in [0.05, 0.1) is 36.6 Å². The highest BCUT2D eigenvalue weighted by molar-refractivity contribution is 7.07. The molecule has 1 aliphatic heterocycles. The van der Waals surface area contributed by atoms with Gasteiger partial charge in [0.25, 0.3) is 5.56 Å². The standard InChI is InChI=1S/C30H26N2O5S/c1-4-37-29(34)24-25(20-14-9-6-10-15-20)31-30-32(26(24)21-16-11-17-22(35-2)27(21)36-3)28(33)23(38-30)18-19-12-7-5-8-13-19/h5-18,26H,4H2,1-3H3. The molecule has 1 atom stereocenters. The van der Waals surface area contributed by atoms with Crippen molar-refractivity contribution in [3.8, 4) is 11.5 Å². The fourth-order valence-electron chi connectivity index (χ4n) is 4.56. The van der Waals surface area contributed by atoms with E-state index in [-0.39, 0.29) is 17.7 Å². The fraction of sp³-hybridized carbons (Fsp3) is 0.167. The van der Waals surface area contributed by atoms with Crippen molar-refractivity contribution >= 4 is 29.1 Å². The van der Waals surface area contributed by atoms with E-state index in [1.54, 1.807) is 24.7 Å². The molecule has 0 N–H and O–H groups in total. The first-order chi connectivity index (χ1) is 18.6. The molecule has 2 heterocycles. The Labute approximate surface area is 223 Å². The van der Waals surface area contributed by atoms with Crippen molar-refractivity contribution in [2.24, 2.45) is 4.99 Å². The number of carbonyl (C=O) groups is 1. The number of benzene rings is 3. The van der Waals surface area contributed by atoms with Gasteiger partial charge < -0.3 is 14.2 Å². The monoisotopic (exact) mass is 526 g/mol. The zero-order valence-electron chi connectivity index (χ0n) is 21.2. The van der Waals surface area contributed by atoms with Crippen molar-refractivity contribution in [2.45, 2.75) is 13.0 Å². The summed E-state index contributed by atoms with van der Waals surface area (Å²) in [6.07, 6.45) is 1.83. The van der Waals surface area contributed by atoms with E-state index in [4.69, 9.17) is 19.2 Å². The van der Waals surface area contributed by atoms with Crippen molar-refractivity contribution in [3.63, 3.8) is 0 Å². The summed E-state index contributed by atoms with van der Waals surface area (Å²) < 4.78 is 18.9. The van der Waals surface area contributed by atoms with E-state index in [1.165, 1.54) is 18.4 Å². The number of para-hydroxylation sites is 1. The van der Waals surface area contributed by atoms with E-state index in [1.807, 2.05) is 78.9 Å². The first kappa shape index (κ1) is 25.2. The van der Waals surface area contributed by atoms with Crippen LogP contribution < -0.4 is 24.4 Å². The molecule has 38 heavy (non-hydrogen) atoms. The van der Waals surface area contributed by atoms with Crippen LogP contribution in [0.2, 0.25) is 0 Å². The van der Waals surface area contributed by atoms with Crippen molar-refractivity contribution in [2.75, 3.05) is 20.8 Å². The Hall–Kier alpha value is -4.43. The number of esters is 1. The summed E-state index contributed by atoms with van der Waals surface area (Å²) in [5, 5.41) is 0. The lowest BCUT2D eigenvalue weighted by molar-refractivity contribution is -0.138. The van der Waals surface area contributed by atoms with Crippen LogP contribution in [0.3, 0.4) is 0 Å². The average Bonchev–Trinajstić information content (AvgIpc) is 3.27. The molecule has 0 bridgehead atoms. The predicted molar refractivity (Wildman–Crippen MR) is 147 cm³/mol. The third-order valence-corrected chi connectivity index (χ3v) is 7.18. The highest BCUT2D eigenvalue weighted by Crippen LogP contribution is 2.42. The fourth-order valence-corrected chi connectivity index (χ4v) is 5.56. The quantitative estimate of drug-likeness (QED) is 0.341. The lowest BCUT2D eigenvalue weighted by Crippen LogP contribution is -2.40. The van der Waals surface area contributed by atoms with Gasteiger partial charge in [-0.05, 0) is 24.6 Å². The number of nitrogens with zero attached hydrogens (tertiary/aromatic N) is 2. The Morgan fingerprint density at radius 2 is 1.68 bits per heavy atom. The van der Waals surface area contributed by atoms with E-state index in [0.717, 1.165) is 11.1 Å². The maximum absolute atomic E-state index is 14.0. The highest BCUT2D eigenvalue weighted by Gasteiger charge is 2.37. The molecular weight excluding hydrogens is 500 g/mol. The second-order valence-corrected chi connectivity index (χ2v) is 9.43. The van der Waals surface area contributed by atoms with Crippen LogP contribution in [-0.2, 0) is 9.53 Å². The van der Waals surface area contributed by atoms with Crippen LogP contribution in [0.15, 0.2) is 94.2 Å². The number of ether oxygens (including phenoxy) is 3. The average molecular weight is 527 g/mol. The topological polar surface area (TPSA) is 79.1 Å². The second kappa shape index (κ2) is 10.9. The van der Waals surface area contributed by atoms with E-state index in [0.29, 0.717) is 32.1 Å². The third-order valence-electron chi connectivity index (χ3n) is 6.20. The maximum atomic E-state index is 14.0. The van der Waals surface area contributed by atoms with Gasteiger partial charge in [0.2, 0.25) is 0 Å². The molecule has 3 aromatic carbocycles.